The summed E-state index contributed by atoms with van der Waals surface area (Å²) in [6.07, 6.45) is 0. The van der Waals surface area contributed by atoms with Gasteiger partial charge in [-0.3, -0.25) is 14.4 Å². The van der Waals surface area contributed by atoms with Crippen molar-refractivity contribution in [2.45, 2.75) is 27.7 Å². The van der Waals surface area contributed by atoms with Crippen LogP contribution in [0.4, 0.5) is 0 Å². The highest BCUT2D eigenvalue weighted by atomic mass is 16.4. The van der Waals surface area contributed by atoms with E-state index in [4.69, 9.17) is 5.11 Å². The summed E-state index contributed by atoms with van der Waals surface area (Å²) in [5.74, 6) is -2.66. The molecular formula is C13H22N2O4. The minimum atomic E-state index is -0.958. The molecule has 108 valence electrons. The van der Waals surface area contributed by atoms with E-state index in [1.54, 1.807) is 18.7 Å². The van der Waals surface area contributed by atoms with Gasteiger partial charge in [0.25, 0.3) is 0 Å². The van der Waals surface area contributed by atoms with Gasteiger partial charge in [-0.15, -0.1) is 0 Å². The smallest absolute Gasteiger partial charge is 0.307 e. The third-order valence-electron chi connectivity index (χ3n) is 3.91. The number of carboxylic acids is 1. The molecule has 19 heavy (non-hydrogen) atoms. The van der Waals surface area contributed by atoms with Crippen molar-refractivity contribution in [2.75, 3.05) is 19.6 Å². The normalized spacial score (nSPS) is 23.6. The molecule has 6 heteroatoms. The molecule has 1 aliphatic rings. The average Bonchev–Trinajstić information content (AvgIpc) is 2.91. The maximum Gasteiger partial charge on any atom is 0.307 e. The number of carboxylic acid groups (broad SMARTS) is 1. The molecule has 2 amide bonds. The molecule has 0 bridgehead atoms. The minimum Gasteiger partial charge on any atom is -0.481 e. The summed E-state index contributed by atoms with van der Waals surface area (Å²) < 4.78 is 0. The number of aliphatic carboxylic acids is 1. The summed E-state index contributed by atoms with van der Waals surface area (Å²) in [6.45, 7) is 8.36. The SMILES string of the molecule is CCN(CC)C(=O)CNC(=O)C1C(C(=O)O)C1(C)C. The van der Waals surface area contributed by atoms with Gasteiger partial charge in [0.15, 0.2) is 0 Å². The second-order valence-corrected chi connectivity index (χ2v) is 5.40. The largest absolute Gasteiger partial charge is 0.481 e. The third kappa shape index (κ3) is 3.05. The van der Waals surface area contributed by atoms with E-state index in [1.165, 1.54) is 0 Å². The van der Waals surface area contributed by atoms with Gasteiger partial charge in [-0.25, -0.2) is 0 Å². The molecule has 2 atom stereocenters. The van der Waals surface area contributed by atoms with Crippen LogP contribution in [0, 0.1) is 17.3 Å². The lowest BCUT2D eigenvalue weighted by atomic mass is 10.1. The van der Waals surface area contributed by atoms with Crippen molar-refractivity contribution in [3.8, 4) is 0 Å². The number of carbonyl (C=O) groups excluding carboxylic acids is 2. The number of hydrogen-bond donors (Lipinski definition) is 2. The molecule has 0 aliphatic heterocycles. The molecule has 1 fully saturated rings. The third-order valence-corrected chi connectivity index (χ3v) is 3.91. The lowest BCUT2D eigenvalue weighted by Crippen LogP contribution is -2.41. The predicted octanol–water partition coefficient (Wildman–Crippen LogP) is 0.328. The number of amides is 2. The van der Waals surface area contributed by atoms with Crippen LogP contribution in [0.15, 0.2) is 0 Å². The Bertz CT molecular complexity index is 388. The first kappa shape index (κ1) is 15.5. The number of nitrogens with one attached hydrogen (secondary N) is 1. The lowest BCUT2D eigenvalue weighted by Gasteiger charge is -2.18. The highest BCUT2D eigenvalue weighted by molar-refractivity contribution is 5.93. The Kier molecular flexibility index (Phi) is 4.55. The van der Waals surface area contributed by atoms with Crippen LogP contribution in [0.1, 0.15) is 27.7 Å². The van der Waals surface area contributed by atoms with E-state index in [9.17, 15) is 14.4 Å². The van der Waals surface area contributed by atoms with Crippen molar-refractivity contribution < 1.29 is 19.5 Å². The van der Waals surface area contributed by atoms with E-state index in [0.29, 0.717) is 13.1 Å². The zero-order chi connectivity index (χ0) is 14.8. The number of nitrogens with zero attached hydrogens (tertiary/aromatic N) is 1. The van der Waals surface area contributed by atoms with Gasteiger partial charge in [-0.2, -0.15) is 0 Å². The number of carbonyl (C=O) groups is 3. The van der Waals surface area contributed by atoms with Crippen LogP contribution in [0.5, 0.6) is 0 Å². The zero-order valence-corrected chi connectivity index (χ0v) is 11.9. The van der Waals surface area contributed by atoms with Crippen LogP contribution in [0.3, 0.4) is 0 Å². The van der Waals surface area contributed by atoms with Gasteiger partial charge in [-0.1, -0.05) is 13.8 Å². The molecule has 1 saturated carbocycles. The van der Waals surface area contributed by atoms with Crippen molar-refractivity contribution in [1.29, 1.82) is 0 Å². The van der Waals surface area contributed by atoms with Gasteiger partial charge in [0.1, 0.15) is 0 Å². The van der Waals surface area contributed by atoms with E-state index in [2.05, 4.69) is 5.32 Å². The quantitative estimate of drug-likeness (QED) is 0.728. The molecule has 0 saturated heterocycles. The van der Waals surface area contributed by atoms with Crippen LogP contribution in [0.25, 0.3) is 0 Å². The van der Waals surface area contributed by atoms with E-state index in [1.807, 2.05) is 13.8 Å². The Morgan fingerprint density at radius 1 is 1.16 bits per heavy atom. The molecule has 0 radical (unpaired) electrons. The number of rotatable bonds is 6. The molecule has 1 aliphatic carbocycles. The molecule has 0 spiro atoms. The molecule has 0 aromatic rings. The summed E-state index contributed by atoms with van der Waals surface area (Å²) in [7, 11) is 0. The highest BCUT2D eigenvalue weighted by Crippen LogP contribution is 2.58. The summed E-state index contributed by atoms with van der Waals surface area (Å²) in [5.41, 5.74) is -0.534. The van der Waals surface area contributed by atoms with Crippen molar-refractivity contribution in [3.05, 3.63) is 0 Å². The van der Waals surface area contributed by atoms with Gasteiger partial charge in [-0.05, 0) is 19.3 Å². The Hall–Kier alpha value is -1.59. The summed E-state index contributed by atoms with van der Waals surface area (Å²) >= 11 is 0. The number of hydrogen-bond acceptors (Lipinski definition) is 3. The Morgan fingerprint density at radius 2 is 1.68 bits per heavy atom. The van der Waals surface area contributed by atoms with Crippen molar-refractivity contribution in [3.63, 3.8) is 0 Å². The molecule has 1 rings (SSSR count). The van der Waals surface area contributed by atoms with Gasteiger partial charge in [0.2, 0.25) is 11.8 Å². The summed E-state index contributed by atoms with van der Waals surface area (Å²) in [6, 6.07) is 0. The van der Waals surface area contributed by atoms with Crippen molar-refractivity contribution in [2.24, 2.45) is 17.3 Å². The fourth-order valence-electron chi connectivity index (χ4n) is 2.55. The van der Waals surface area contributed by atoms with Crippen molar-refractivity contribution >= 4 is 17.8 Å². The Morgan fingerprint density at radius 3 is 2.05 bits per heavy atom. The molecular weight excluding hydrogens is 248 g/mol. The monoisotopic (exact) mass is 270 g/mol. The van der Waals surface area contributed by atoms with Crippen LogP contribution < -0.4 is 5.32 Å². The van der Waals surface area contributed by atoms with Gasteiger partial charge >= 0.3 is 5.97 Å². The van der Waals surface area contributed by atoms with E-state index >= 15 is 0 Å². The fraction of sp³-hybridized carbons (Fsp3) is 0.769. The molecule has 0 aromatic carbocycles. The second-order valence-electron chi connectivity index (χ2n) is 5.40. The molecule has 2 unspecified atom stereocenters. The maximum absolute atomic E-state index is 11.9. The zero-order valence-electron chi connectivity index (χ0n) is 11.9. The molecule has 2 N–H and O–H groups in total. The second kappa shape index (κ2) is 5.59. The fourth-order valence-corrected chi connectivity index (χ4v) is 2.55. The van der Waals surface area contributed by atoms with Crippen LogP contribution >= 0.6 is 0 Å². The Labute approximate surface area is 113 Å². The summed E-state index contributed by atoms with van der Waals surface area (Å²) in [4.78, 5) is 36.2. The van der Waals surface area contributed by atoms with E-state index < -0.39 is 23.2 Å². The van der Waals surface area contributed by atoms with Gasteiger partial charge in [0, 0.05) is 13.1 Å². The van der Waals surface area contributed by atoms with Crippen LogP contribution in [-0.2, 0) is 14.4 Å². The first-order chi connectivity index (χ1) is 8.77. The van der Waals surface area contributed by atoms with E-state index in [0.717, 1.165) is 0 Å². The average molecular weight is 270 g/mol. The van der Waals surface area contributed by atoms with E-state index in [-0.39, 0.29) is 18.4 Å². The predicted molar refractivity (Wildman–Crippen MR) is 69.3 cm³/mol. The van der Waals surface area contributed by atoms with Gasteiger partial charge in [0.05, 0.1) is 18.4 Å². The summed E-state index contributed by atoms with van der Waals surface area (Å²) in [5, 5.41) is 11.5. The molecule has 6 nitrogen and oxygen atoms in total. The van der Waals surface area contributed by atoms with Crippen LogP contribution in [-0.4, -0.2) is 47.4 Å². The maximum atomic E-state index is 11.9. The lowest BCUT2D eigenvalue weighted by molar-refractivity contribution is -0.140. The highest BCUT2D eigenvalue weighted by Gasteiger charge is 2.65. The number of likely N-dealkylation sites (N-methyl/N-ethyl adjacent to an activating group) is 1. The molecule has 0 heterocycles. The van der Waals surface area contributed by atoms with Gasteiger partial charge < -0.3 is 15.3 Å². The first-order valence-corrected chi connectivity index (χ1v) is 6.55. The first-order valence-electron chi connectivity index (χ1n) is 6.55. The molecule has 0 aromatic heterocycles. The van der Waals surface area contributed by atoms with Crippen molar-refractivity contribution in [1.82, 2.24) is 10.2 Å². The van der Waals surface area contributed by atoms with Crippen LogP contribution in [0.2, 0.25) is 0 Å². The standard InChI is InChI=1S/C13H22N2O4/c1-5-15(6-2)8(16)7-14-11(17)9-10(12(18)19)13(9,3)4/h9-10H,5-7H2,1-4H3,(H,14,17)(H,18,19). The topological polar surface area (TPSA) is 86.7 Å². The minimum absolute atomic E-state index is 0.0700. The Balaban J connectivity index is 2.50.